The molecule has 308 valence electrons. The van der Waals surface area contributed by atoms with Gasteiger partial charge in [0.05, 0.1) is 24.3 Å². The van der Waals surface area contributed by atoms with E-state index in [1.54, 1.807) is 65.2 Å². The number of ether oxygens (including phenoxy) is 2. The van der Waals surface area contributed by atoms with Crippen LogP contribution in [0.1, 0.15) is 104 Å². The van der Waals surface area contributed by atoms with Gasteiger partial charge in [0.15, 0.2) is 0 Å². The average Bonchev–Trinajstić information content (AvgIpc) is 3.82. The van der Waals surface area contributed by atoms with Crippen LogP contribution in [0.25, 0.3) is 0 Å². The minimum absolute atomic E-state index is 0.126. The Hall–Kier alpha value is -4.53. The summed E-state index contributed by atoms with van der Waals surface area (Å²) in [6, 6.07) is 4.51. The van der Waals surface area contributed by atoms with Crippen LogP contribution >= 0.6 is 0 Å². The predicted octanol–water partition coefficient (Wildman–Crippen LogP) is 2.77. The summed E-state index contributed by atoms with van der Waals surface area (Å²) < 4.78 is 11.9. The van der Waals surface area contributed by atoms with Gasteiger partial charge in [-0.05, 0) is 77.7 Å². The van der Waals surface area contributed by atoms with Crippen molar-refractivity contribution in [2.75, 3.05) is 27.2 Å². The van der Waals surface area contributed by atoms with E-state index in [1.165, 1.54) is 9.80 Å². The third kappa shape index (κ3) is 11.1. The van der Waals surface area contributed by atoms with Gasteiger partial charge in [-0.3, -0.25) is 28.8 Å². The van der Waals surface area contributed by atoms with E-state index in [2.05, 4.69) is 21.3 Å². The third-order valence-corrected chi connectivity index (χ3v) is 11.1. The van der Waals surface area contributed by atoms with Crippen LogP contribution in [0.3, 0.4) is 0 Å². The van der Waals surface area contributed by atoms with Crippen molar-refractivity contribution in [3.63, 3.8) is 0 Å². The summed E-state index contributed by atoms with van der Waals surface area (Å²) in [5, 5.41) is 10.7. The van der Waals surface area contributed by atoms with Crippen LogP contribution in [0, 0.1) is 17.8 Å². The highest BCUT2D eigenvalue weighted by molar-refractivity contribution is 6.38. The van der Waals surface area contributed by atoms with Crippen LogP contribution in [-0.2, 0) is 38.2 Å². The molecule has 2 heterocycles. The standard InChI is InChI=1S/C41H60N6O9/c1-40(2,3)56-39(54)45-32(26-16-12-9-13-17-26)38(53)47-23-29-27(21-41(4,5)55-29)33(47)35(50)43-28(20-24-18-19-24)34(49)36(51)42-22-30(48)44-31(37(52)46(6)7)25-14-10-8-11-15-25/h8,10-11,14-15,24,26-29,31-33H,9,12-13,16-23H2,1-7H3,(H,42,51)(H,43,50)(H,44,48)(H,45,54)/t27-,28+,29-,31-,32-,33-/m0/s1. The van der Waals surface area contributed by atoms with E-state index in [-0.39, 0.29) is 36.6 Å². The van der Waals surface area contributed by atoms with Crippen LogP contribution in [0.15, 0.2) is 30.3 Å². The molecule has 56 heavy (non-hydrogen) atoms. The lowest BCUT2D eigenvalue weighted by atomic mass is 9.83. The summed E-state index contributed by atoms with van der Waals surface area (Å²) in [5.41, 5.74) is -0.787. The largest absolute Gasteiger partial charge is 0.444 e. The van der Waals surface area contributed by atoms with Crippen LogP contribution in [-0.4, -0.2) is 114 Å². The number of fused-ring (bicyclic) bond motifs is 1. The molecule has 0 aromatic heterocycles. The lowest BCUT2D eigenvalue weighted by Crippen LogP contribution is -2.59. The van der Waals surface area contributed by atoms with Crippen molar-refractivity contribution in [2.45, 2.75) is 134 Å². The molecule has 0 radical (unpaired) electrons. The van der Waals surface area contributed by atoms with Crippen molar-refractivity contribution in [1.82, 2.24) is 31.1 Å². The fourth-order valence-corrected chi connectivity index (χ4v) is 8.28. The first-order valence-electron chi connectivity index (χ1n) is 20.0. The molecule has 0 unspecified atom stereocenters. The average molecular weight is 781 g/mol. The highest BCUT2D eigenvalue weighted by atomic mass is 16.6. The van der Waals surface area contributed by atoms with E-state index in [1.807, 2.05) is 13.8 Å². The SMILES string of the molecule is CN(C)C(=O)[C@@H](NC(=O)CNC(=O)C(=O)[C@@H](CC1CC1)NC(=O)[C@@H]1[C@H]2CC(C)(C)O[C@H]2CN1C(=O)[C@@H](NC(=O)OC(C)(C)C)C1CCCCC1)c1ccccc1. The number of nitrogens with zero attached hydrogens (tertiary/aromatic N) is 2. The zero-order chi connectivity index (χ0) is 40.9. The Morgan fingerprint density at radius 3 is 2.20 bits per heavy atom. The minimum Gasteiger partial charge on any atom is -0.444 e. The van der Waals surface area contributed by atoms with Gasteiger partial charge in [0, 0.05) is 26.6 Å². The summed E-state index contributed by atoms with van der Waals surface area (Å²) >= 11 is 0. The van der Waals surface area contributed by atoms with Crippen molar-refractivity contribution in [1.29, 1.82) is 0 Å². The summed E-state index contributed by atoms with van der Waals surface area (Å²) in [4.78, 5) is 97.8. The van der Waals surface area contributed by atoms with Gasteiger partial charge < -0.3 is 40.5 Å². The molecule has 15 nitrogen and oxygen atoms in total. The molecule has 4 aliphatic rings. The number of nitrogens with one attached hydrogen (secondary N) is 4. The van der Waals surface area contributed by atoms with Crippen molar-refractivity contribution in [3.8, 4) is 0 Å². The number of likely N-dealkylation sites (tertiary alicyclic amines) is 1. The topological polar surface area (TPSA) is 193 Å². The first-order chi connectivity index (χ1) is 26.3. The molecule has 0 bridgehead atoms. The molecule has 0 spiro atoms. The normalized spacial score (nSPS) is 23.5. The van der Waals surface area contributed by atoms with E-state index >= 15 is 0 Å². The molecule has 2 aliphatic carbocycles. The monoisotopic (exact) mass is 780 g/mol. The van der Waals surface area contributed by atoms with E-state index < -0.39 is 83.5 Å². The Balaban J connectivity index is 1.31. The number of benzene rings is 1. The lowest BCUT2D eigenvalue weighted by molar-refractivity contribution is -0.145. The smallest absolute Gasteiger partial charge is 0.408 e. The Labute approximate surface area is 329 Å². The second-order valence-electron chi connectivity index (χ2n) is 17.7. The van der Waals surface area contributed by atoms with E-state index in [9.17, 15) is 33.6 Å². The van der Waals surface area contributed by atoms with Gasteiger partial charge in [0.1, 0.15) is 23.7 Å². The number of alkyl carbamates (subject to hydrolysis) is 1. The Bertz CT molecular complexity index is 1630. The number of hydrogen-bond donors (Lipinski definition) is 4. The molecule has 6 amide bonds. The third-order valence-electron chi connectivity index (χ3n) is 11.1. The van der Waals surface area contributed by atoms with Crippen LogP contribution in [0.2, 0.25) is 0 Å². The molecule has 1 aromatic rings. The summed E-state index contributed by atoms with van der Waals surface area (Å²) in [6.07, 6.45) is 5.53. The van der Waals surface area contributed by atoms with Crippen molar-refractivity contribution in [2.24, 2.45) is 17.8 Å². The van der Waals surface area contributed by atoms with E-state index in [4.69, 9.17) is 9.47 Å². The minimum atomic E-state index is -1.20. The molecule has 1 aromatic carbocycles. The maximum Gasteiger partial charge on any atom is 0.408 e. The number of carbonyl (C=O) groups excluding carboxylic acids is 7. The Morgan fingerprint density at radius 2 is 1.59 bits per heavy atom. The fraction of sp³-hybridized carbons (Fsp3) is 0.683. The molecule has 2 saturated heterocycles. The van der Waals surface area contributed by atoms with Gasteiger partial charge in [0.2, 0.25) is 29.4 Å². The number of ketones is 1. The molecule has 4 N–H and O–H groups in total. The quantitative estimate of drug-likeness (QED) is 0.206. The van der Waals surface area contributed by atoms with E-state index in [0.717, 1.165) is 44.9 Å². The number of Topliss-reactive ketones (excluding diaryl/α,β-unsaturated/α-hetero) is 1. The second kappa shape index (κ2) is 17.7. The van der Waals surface area contributed by atoms with Crippen molar-refractivity contribution < 1.29 is 43.0 Å². The molecule has 4 fully saturated rings. The molecule has 2 saturated carbocycles. The Kier molecular flexibility index (Phi) is 13.5. The van der Waals surface area contributed by atoms with Gasteiger partial charge in [-0.1, -0.05) is 62.4 Å². The molecule has 15 heteroatoms. The molecular formula is C41H60N6O9. The van der Waals surface area contributed by atoms with Crippen LogP contribution in [0.4, 0.5) is 4.79 Å². The zero-order valence-electron chi connectivity index (χ0n) is 33.9. The van der Waals surface area contributed by atoms with E-state index in [0.29, 0.717) is 12.0 Å². The summed E-state index contributed by atoms with van der Waals surface area (Å²) in [6.45, 7) is 8.65. The first-order valence-corrected chi connectivity index (χ1v) is 20.0. The number of carbonyl (C=O) groups is 7. The Morgan fingerprint density at radius 1 is 0.929 bits per heavy atom. The van der Waals surface area contributed by atoms with Gasteiger partial charge in [-0.25, -0.2) is 4.79 Å². The zero-order valence-corrected chi connectivity index (χ0v) is 33.9. The van der Waals surface area contributed by atoms with Gasteiger partial charge in [-0.2, -0.15) is 0 Å². The number of amides is 6. The number of rotatable bonds is 14. The van der Waals surface area contributed by atoms with Gasteiger partial charge >= 0.3 is 6.09 Å². The second-order valence-corrected chi connectivity index (χ2v) is 17.7. The lowest BCUT2D eigenvalue weighted by Gasteiger charge is -2.36. The van der Waals surface area contributed by atoms with Crippen molar-refractivity contribution >= 4 is 41.4 Å². The van der Waals surface area contributed by atoms with Crippen molar-refractivity contribution in [3.05, 3.63) is 35.9 Å². The first kappa shape index (κ1) is 42.6. The molecule has 5 rings (SSSR count). The number of hydrogen-bond acceptors (Lipinski definition) is 9. The maximum absolute atomic E-state index is 14.6. The molecule has 6 atom stereocenters. The fourth-order valence-electron chi connectivity index (χ4n) is 8.28. The van der Waals surface area contributed by atoms with Crippen LogP contribution < -0.4 is 21.3 Å². The number of likely N-dealkylation sites (N-methyl/N-ethyl adjacent to an activating group) is 1. The highest BCUT2D eigenvalue weighted by Gasteiger charge is 2.56. The molecular weight excluding hydrogens is 720 g/mol. The maximum atomic E-state index is 14.6. The highest BCUT2D eigenvalue weighted by Crippen LogP contribution is 2.44. The summed E-state index contributed by atoms with van der Waals surface area (Å²) in [5.74, 6) is -4.42. The van der Waals surface area contributed by atoms with Crippen LogP contribution in [0.5, 0.6) is 0 Å². The molecule has 2 aliphatic heterocycles. The predicted molar refractivity (Wildman–Crippen MR) is 206 cm³/mol. The summed E-state index contributed by atoms with van der Waals surface area (Å²) in [7, 11) is 3.13. The van der Waals surface area contributed by atoms with Gasteiger partial charge in [0.25, 0.3) is 5.91 Å². The van der Waals surface area contributed by atoms with Gasteiger partial charge in [-0.15, -0.1) is 0 Å².